The molecule has 0 aromatic heterocycles. The Morgan fingerprint density at radius 1 is 1.05 bits per heavy atom. The van der Waals surface area contributed by atoms with E-state index in [1.165, 1.54) is 18.2 Å². The van der Waals surface area contributed by atoms with Gasteiger partial charge in [0.15, 0.2) is 0 Å². The van der Waals surface area contributed by atoms with Crippen molar-refractivity contribution in [2.75, 3.05) is 6.54 Å². The van der Waals surface area contributed by atoms with E-state index in [1.807, 2.05) is 30.3 Å². The van der Waals surface area contributed by atoms with E-state index in [0.717, 1.165) is 5.56 Å². The summed E-state index contributed by atoms with van der Waals surface area (Å²) >= 11 is 0. The van der Waals surface area contributed by atoms with Crippen molar-refractivity contribution in [3.05, 3.63) is 59.7 Å². The number of amides is 1. The molecule has 104 valence electrons. The monoisotopic (exact) mass is 272 g/mol. The number of aromatic hydroxyl groups is 2. The van der Waals surface area contributed by atoms with E-state index in [9.17, 15) is 15.0 Å². The summed E-state index contributed by atoms with van der Waals surface area (Å²) in [6.45, 7) is 0.205. The third kappa shape index (κ3) is 3.07. The van der Waals surface area contributed by atoms with Crippen LogP contribution in [-0.2, 0) is 0 Å². The van der Waals surface area contributed by atoms with Crippen LogP contribution in [0.4, 0.5) is 0 Å². The van der Waals surface area contributed by atoms with Gasteiger partial charge < -0.3 is 21.3 Å². The Hall–Kier alpha value is -2.53. The first-order valence-corrected chi connectivity index (χ1v) is 6.19. The van der Waals surface area contributed by atoms with E-state index in [0.29, 0.717) is 0 Å². The number of carbonyl (C=O) groups excluding carboxylic acids is 1. The van der Waals surface area contributed by atoms with Gasteiger partial charge >= 0.3 is 0 Å². The zero-order chi connectivity index (χ0) is 14.5. The lowest BCUT2D eigenvalue weighted by Crippen LogP contribution is -2.32. The summed E-state index contributed by atoms with van der Waals surface area (Å²) in [7, 11) is 0. The largest absolute Gasteiger partial charge is 0.507 e. The van der Waals surface area contributed by atoms with Crippen LogP contribution in [0.5, 0.6) is 11.5 Å². The second kappa shape index (κ2) is 6.08. The molecule has 1 atom stereocenters. The smallest absolute Gasteiger partial charge is 0.258 e. The van der Waals surface area contributed by atoms with Crippen molar-refractivity contribution >= 4 is 5.91 Å². The normalized spacial score (nSPS) is 11.8. The van der Waals surface area contributed by atoms with Gasteiger partial charge in [0.25, 0.3) is 5.91 Å². The lowest BCUT2D eigenvalue weighted by molar-refractivity contribution is 0.0945. The lowest BCUT2D eigenvalue weighted by Gasteiger charge is -2.14. The van der Waals surface area contributed by atoms with Crippen LogP contribution in [0, 0.1) is 0 Å². The average molecular weight is 272 g/mol. The molecule has 1 unspecified atom stereocenters. The molecule has 5 N–H and O–H groups in total. The molecule has 5 heteroatoms. The third-order valence-electron chi connectivity index (χ3n) is 2.96. The van der Waals surface area contributed by atoms with E-state index in [2.05, 4.69) is 5.32 Å². The van der Waals surface area contributed by atoms with Gasteiger partial charge in [-0.3, -0.25) is 4.79 Å². The molecule has 0 fully saturated rings. The van der Waals surface area contributed by atoms with Crippen LogP contribution < -0.4 is 11.1 Å². The van der Waals surface area contributed by atoms with Crippen LogP contribution in [0.25, 0.3) is 0 Å². The molecule has 0 radical (unpaired) electrons. The molecule has 20 heavy (non-hydrogen) atoms. The standard InChI is InChI=1S/C15H16N2O3/c16-11(10-5-2-1-3-6-10)9-17-15(20)14-12(18)7-4-8-13(14)19/h1-8,11,18-19H,9,16H2,(H,17,20). The maximum atomic E-state index is 11.9. The number of nitrogens with two attached hydrogens (primary N) is 1. The molecule has 0 spiro atoms. The summed E-state index contributed by atoms with van der Waals surface area (Å²) in [5.74, 6) is -1.10. The number of phenols is 2. The molecule has 2 aromatic carbocycles. The summed E-state index contributed by atoms with van der Waals surface area (Å²) < 4.78 is 0. The summed E-state index contributed by atoms with van der Waals surface area (Å²) in [6.07, 6.45) is 0. The Kier molecular flexibility index (Phi) is 4.22. The van der Waals surface area contributed by atoms with Gasteiger partial charge in [-0.25, -0.2) is 0 Å². The van der Waals surface area contributed by atoms with E-state index in [4.69, 9.17) is 5.73 Å². The van der Waals surface area contributed by atoms with Crippen molar-refractivity contribution < 1.29 is 15.0 Å². The molecule has 0 saturated carbocycles. The van der Waals surface area contributed by atoms with E-state index in [1.54, 1.807) is 0 Å². The Morgan fingerprint density at radius 3 is 2.25 bits per heavy atom. The highest BCUT2D eigenvalue weighted by molar-refractivity contribution is 5.99. The highest BCUT2D eigenvalue weighted by Crippen LogP contribution is 2.25. The van der Waals surface area contributed by atoms with Crippen LogP contribution in [0.2, 0.25) is 0 Å². The molecule has 0 bridgehead atoms. The first kappa shape index (κ1) is 13.9. The first-order chi connectivity index (χ1) is 9.59. The number of phenolic OH excluding ortho intramolecular Hbond substituents is 2. The Labute approximate surface area is 116 Å². The van der Waals surface area contributed by atoms with Crippen molar-refractivity contribution in [2.24, 2.45) is 5.73 Å². The molecule has 2 rings (SSSR count). The maximum absolute atomic E-state index is 11.9. The number of rotatable bonds is 4. The highest BCUT2D eigenvalue weighted by atomic mass is 16.3. The van der Waals surface area contributed by atoms with E-state index < -0.39 is 5.91 Å². The Balaban J connectivity index is 2.03. The van der Waals surface area contributed by atoms with Gasteiger partial charge in [0.2, 0.25) is 0 Å². The fourth-order valence-electron chi connectivity index (χ4n) is 1.87. The van der Waals surface area contributed by atoms with Gasteiger partial charge in [-0.05, 0) is 17.7 Å². The minimum absolute atomic E-state index is 0.146. The van der Waals surface area contributed by atoms with Crippen LogP contribution in [-0.4, -0.2) is 22.7 Å². The molecule has 0 aliphatic carbocycles. The van der Waals surface area contributed by atoms with Gasteiger partial charge in [-0.1, -0.05) is 36.4 Å². The summed E-state index contributed by atoms with van der Waals surface area (Å²) in [5.41, 5.74) is 6.71. The zero-order valence-corrected chi connectivity index (χ0v) is 10.8. The molecule has 0 saturated heterocycles. The van der Waals surface area contributed by atoms with Gasteiger partial charge in [0.1, 0.15) is 17.1 Å². The predicted molar refractivity (Wildman–Crippen MR) is 75.5 cm³/mol. The third-order valence-corrected chi connectivity index (χ3v) is 2.96. The zero-order valence-electron chi connectivity index (χ0n) is 10.8. The quantitative estimate of drug-likeness (QED) is 0.678. The SMILES string of the molecule is NC(CNC(=O)c1c(O)cccc1O)c1ccccc1. The highest BCUT2D eigenvalue weighted by Gasteiger charge is 2.16. The molecular weight excluding hydrogens is 256 g/mol. The minimum Gasteiger partial charge on any atom is -0.507 e. The second-order valence-corrected chi connectivity index (χ2v) is 4.40. The molecule has 0 heterocycles. The van der Waals surface area contributed by atoms with Gasteiger partial charge in [0.05, 0.1) is 0 Å². The van der Waals surface area contributed by atoms with Crippen molar-refractivity contribution in [3.63, 3.8) is 0 Å². The molecule has 0 aliphatic heterocycles. The maximum Gasteiger partial charge on any atom is 0.258 e. The number of nitrogens with one attached hydrogen (secondary N) is 1. The molecule has 0 aliphatic rings. The summed E-state index contributed by atoms with van der Waals surface area (Å²) in [6, 6.07) is 13.1. The molecular formula is C15H16N2O3. The number of benzene rings is 2. The van der Waals surface area contributed by atoms with Crippen LogP contribution in [0.1, 0.15) is 22.0 Å². The first-order valence-electron chi connectivity index (χ1n) is 6.19. The van der Waals surface area contributed by atoms with E-state index >= 15 is 0 Å². The number of carbonyl (C=O) groups is 1. The number of hydrogen-bond acceptors (Lipinski definition) is 4. The van der Waals surface area contributed by atoms with Gasteiger partial charge in [-0.15, -0.1) is 0 Å². The van der Waals surface area contributed by atoms with Gasteiger partial charge in [-0.2, -0.15) is 0 Å². The second-order valence-electron chi connectivity index (χ2n) is 4.40. The van der Waals surface area contributed by atoms with Crippen molar-refractivity contribution in [1.82, 2.24) is 5.32 Å². The summed E-state index contributed by atoms with van der Waals surface area (Å²) in [5, 5.41) is 21.8. The fourth-order valence-corrected chi connectivity index (χ4v) is 1.87. The topological polar surface area (TPSA) is 95.6 Å². The number of hydrogen-bond donors (Lipinski definition) is 4. The average Bonchev–Trinajstić information content (AvgIpc) is 2.45. The molecule has 2 aromatic rings. The predicted octanol–water partition coefficient (Wildman–Crippen LogP) is 1.53. The van der Waals surface area contributed by atoms with Crippen molar-refractivity contribution in [3.8, 4) is 11.5 Å². The van der Waals surface area contributed by atoms with E-state index in [-0.39, 0.29) is 29.6 Å². The fraction of sp³-hybridized carbons (Fsp3) is 0.133. The minimum atomic E-state index is -0.563. The van der Waals surface area contributed by atoms with Crippen LogP contribution in [0.3, 0.4) is 0 Å². The molecule has 1 amide bonds. The van der Waals surface area contributed by atoms with Gasteiger partial charge in [0, 0.05) is 12.6 Å². The Bertz CT molecular complexity index is 579. The molecule has 5 nitrogen and oxygen atoms in total. The lowest BCUT2D eigenvalue weighted by atomic mass is 10.1. The van der Waals surface area contributed by atoms with Crippen molar-refractivity contribution in [1.29, 1.82) is 0 Å². The van der Waals surface area contributed by atoms with Crippen LogP contribution in [0.15, 0.2) is 48.5 Å². The summed E-state index contributed by atoms with van der Waals surface area (Å²) in [4.78, 5) is 11.9. The van der Waals surface area contributed by atoms with Crippen LogP contribution >= 0.6 is 0 Å². The Morgan fingerprint density at radius 2 is 1.65 bits per heavy atom. The van der Waals surface area contributed by atoms with Crippen molar-refractivity contribution in [2.45, 2.75) is 6.04 Å².